The molecule has 0 fully saturated rings. The van der Waals surface area contributed by atoms with E-state index in [0.717, 1.165) is 0 Å². The number of rotatable bonds is 4. The van der Waals surface area contributed by atoms with E-state index in [4.69, 9.17) is 0 Å². The van der Waals surface area contributed by atoms with Crippen LogP contribution in [0.1, 0.15) is 38.2 Å². The first-order chi connectivity index (χ1) is 8.33. The molecule has 0 unspecified atom stereocenters. The van der Waals surface area contributed by atoms with Crippen molar-refractivity contribution in [3.05, 3.63) is 24.0 Å². The highest BCUT2D eigenvalue weighted by Gasteiger charge is 2.20. The van der Waals surface area contributed by atoms with Gasteiger partial charge in [-0.1, -0.05) is 0 Å². The number of aromatic nitrogens is 1. The van der Waals surface area contributed by atoms with Gasteiger partial charge in [-0.15, -0.1) is 0 Å². The number of carbonyl (C=O) groups is 2. The van der Waals surface area contributed by atoms with Gasteiger partial charge in [-0.25, -0.2) is 0 Å². The van der Waals surface area contributed by atoms with Crippen LogP contribution in [0.4, 0.5) is 0 Å². The second kappa shape index (κ2) is 5.71. The number of nitrogens with zero attached hydrogens (tertiary/aromatic N) is 1. The average molecular weight is 251 g/mol. The van der Waals surface area contributed by atoms with Crippen LogP contribution in [0.5, 0.6) is 0 Å². The molecule has 1 rings (SSSR count). The molecule has 2 amide bonds. The van der Waals surface area contributed by atoms with Crippen molar-refractivity contribution in [3.8, 4) is 0 Å². The Hall–Kier alpha value is -1.78. The van der Waals surface area contributed by atoms with Gasteiger partial charge in [0.15, 0.2) is 0 Å². The maximum absolute atomic E-state index is 12.1. The van der Waals surface area contributed by atoms with Crippen molar-refractivity contribution in [1.82, 2.24) is 15.2 Å². The van der Waals surface area contributed by atoms with Gasteiger partial charge in [-0.2, -0.15) is 0 Å². The average Bonchev–Trinajstić information content (AvgIpc) is 2.75. The van der Waals surface area contributed by atoms with Crippen molar-refractivity contribution >= 4 is 11.8 Å². The Balaban J connectivity index is 2.63. The first-order valence-corrected chi connectivity index (χ1v) is 6.07. The van der Waals surface area contributed by atoms with Crippen molar-refractivity contribution in [2.24, 2.45) is 0 Å². The fraction of sp³-hybridized carbons (Fsp3) is 0.538. The topological polar surface area (TPSA) is 65.2 Å². The van der Waals surface area contributed by atoms with E-state index in [9.17, 15) is 9.59 Å². The molecule has 1 aromatic heterocycles. The number of hydrogen-bond acceptors (Lipinski definition) is 2. The Bertz CT molecular complexity index is 404. The Morgan fingerprint density at radius 2 is 2.06 bits per heavy atom. The summed E-state index contributed by atoms with van der Waals surface area (Å²) in [7, 11) is 0. The molecule has 5 nitrogen and oxygen atoms in total. The lowest BCUT2D eigenvalue weighted by atomic mass is 10.1. The van der Waals surface area contributed by atoms with Gasteiger partial charge in [0.05, 0.1) is 6.54 Å². The summed E-state index contributed by atoms with van der Waals surface area (Å²) in [5, 5.41) is 2.84. The number of carbonyl (C=O) groups excluding carboxylic acids is 2. The second-order valence-corrected chi connectivity index (χ2v) is 5.20. The minimum atomic E-state index is -0.286. The summed E-state index contributed by atoms with van der Waals surface area (Å²) in [4.78, 5) is 28.2. The van der Waals surface area contributed by atoms with Crippen molar-refractivity contribution in [3.63, 3.8) is 0 Å². The lowest BCUT2D eigenvalue weighted by molar-refractivity contribution is -0.123. The Labute approximate surface area is 108 Å². The minimum absolute atomic E-state index is 0.0750. The zero-order valence-electron chi connectivity index (χ0n) is 11.4. The van der Waals surface area contributed by atoms with Crippen LogP contribution in [-0.4, -0.2) is 40.3 Å². The Morgan fingerprint density at radius 1 is 1.39 bits per heavy atom. The summed E-state index contributed by atoms with van der Waals surface area (Å²) in [6, 6.07) is 3.46. The number of hydrogen-bond donors (Lipinski definition) is 2. The van der Waals surface area contributed by atoms with Crippen molar-refractivity contribution in [2.75, 3.05) is 13.1 Å². The fourth-order valence-electron chi connectivity index (χ4n) is 1.59. The molecule has 1 heterocycles. The standard InChI is InChI=1S/C13H21N3O2/c1-5-16(9-11(17)15-13(2,3)4)12(18)10-7-6-8-14-10/h6-8,14H,5,9H2,1-4H3,(H,15,17). The highest BCUT2D eigenvalue weighted by atomic mass is 16.2. The molecular weight excluding hydrogens is 230 g/mol. The highest BCUT2D eigenvalue weighted by molar-refractivity contribution is 5.95. The highest BCUT2D eigenvalue weighted by Crippen LogP contribution is 2.03. The van der Waals surface area contributed by atoms with Crippen molar-refractivity contribution < 1.29 is 9.59 Å². The predicted molar refractivity (Wildman–Crippen MR) is 70.3 cm³/mol. The molecule has 0 saturated carbocycles. The van der Waals surface area contributed by atoms with Gasteiger partial charge in [-0.05, 0) is 39.8 Å². The van der Waals surface area contributed by atoms with Gasteiger partial charge < -0.3 is 15.2 Å². The number of H-pyrrole nitrogens is 1. The van der Waals surface area contributed by atoms with E-state index in [0.29, 0.717) is 12.2 Å². The summed E-state index contributed by atoms with van der Waals surface area (Å²) in [6.45, 7) is 8.15. The molecule has 2 N–H and O–H groups in total. The Kier molecular flexibility index (Phi) is 4.53. The van der Waals surface area contributed by atoms with Crippen LogP contribution in [-0.2, 0) is 4.79 Å². The third-order valence-electron chi connectivity index (χ3n) is 2.35. The van der Waals surface area contributed by atoms with Crippen LogP contribution >= 0.6 is 0 Å². The van der Waals surface area contributed by atoms with E-state index in [1.165, 1.54) is 4.90 Å². The summed E-state index contributed by atoms with van der Waals surface area (Å²) in [5.41, 5.74) is 0.215. The maximum Gasteiger partial charge on any atom is 0.270 e. The van der Waals surface area contributed by atoms with Gasteiger partial charge in [0.1, 0.15) is 5.69 Å². The van der Waals surface area contributed by atoms with Gasteiger partial charge in [-0.3, -0.25) is 9.59 Å². The smallest absolute Gasteiger partial charge is 0.270 e. The quantitative estimate of drug-likeness (QED) is 0.849. The molecule has 0 saturated heterocycles. The molecule has 0 aliphatic carbocycles. The summed E-state index contributed by atoms with van der Waals surface area (Å²) >= 11 is 0. The summed E-state index contributed by atoms with van der Waals surface area (Å²) in [5.74, 6) is -0.309. The van der Waals surface area contributed by atoms with Crippen molar-refractivity contribution in [2.45, 2.75) is 33.2 Å². The first-order valence-electron chi connectivity index (χ1n) is 6.07. The van der Waals surface area contributed by atoms with Crippen LogP contribution in [0.3, 0.4) is 0 Å². The first kappa shape index (κ1) is 14.3. The Morgan fingerprint density at radius 3 is 2.50 bits per heavy atom. The van der Waals surface area contributed by atoms with Gasteiger partial charge in [0, 0.05) is 18.3 Å². The molecule has 0 radical (unpaired) electrons. The van der Waals surface area contributed by atoms with Gasteiger partial charge >= 0.3 is 0 Å². The van der Waals surface area contributed by atoms with Crippen LogP contribution in [0.25, 0.3) is 0 Å². The van der Waals surface area contributed by atoms with Gasteiger partial charge in [0.2, 0.25) is 5.91 Å². The number of nitrogens with one attached hydrogen (secondary N) is 2. The van der Waals surface area contributed by atoms with Gasteiger partial charge in [0.25, 0.3) is 5.91 Å². The molecule has 100 valence electrons. The van der Waals surface area contributed by atoms with E-state index in [1.54, 1.807) is 18.3 Å². The number of aromatic amines is 1. The van der Waals surface area contributed by atoms with Crippen LogP contribution in [0.15, 0.2) is 18.3 Å². The molecule has 0 aromatic carbocycles. The van der Waals surface area contributed by atoms with Crippen molar-refractivity contribution in [1.29, 1.82) is 0 Å². The molecule has 1 aromatic rings. The maximum atomic E-state index is 12.1. The lowest BCUT2D eigenvalue weighted by Crippen LogP contribution is -2.47. The van der Waals surface area contributed by atoms with E-state index in [2.05, 4.69) is 10.3 Å². The molecule has 0 bridgehead atoms. The molecule has 0 aliphatic rings. The summed E-state index contributed by atoms with van der Waals surface area (Å²) < 4.78 is 0. The molecular formula is C13H21N3O2. The molecule has 0 spiro atoms. The monoisotopic (exact) mass is 251 g/mol. The fourth-order valence-corrected chi connectivity index (χ4v) is 1.59. The minimum Gasteiger partial charge on any atom is -0.357 e. The zero-order valence-corrected chi connectivity index (χ0v) is 11.4. The normalized spacial score (nSPS) is 11.1. The van der Waals surface area contributed by atoms with Crippen LogP contribution < -0.4 is 5.32 Å². The number of likely N-dealkylation sites (N-methyl/N-ethyl adjacent to an activating group) is 1. The molecule has 0 aliphatic heterocycles. The lowest BCUT2D eigenvalue weighted by Gasteiger charge is -2.24. The van der Waals surface area contributed by atoms with Crippen LogP contribution in [0.2, 0.25) is 0 Å². The molecule has 18 heavy (non-hydrogen) atoms. The van der Waals surface area contributed by atoms with E-state index in [1.807, 2.05) is 27.7 Å². The van der Waals surface area contributed by atoms with E-state index in [-0.39, 0.29) is 23.9 Å². The zero-order chi connectivity index (χ0) is 13.8. The number of amides is 2. The largest absolute Gasteiger partial charge is 0.357 e. The van der Waals surface area contributed by atoms with E-state index >= 15 is 0 Å². The third-order valence-corrected chi connectivity index (χ3v) is 2.35. The SMILES string of the molecule is CCN(CC(=O)NC(C)(C)C)C(=O)c1ccc[nH]1. The van der Waals surface area contributed by atoms with E-state index < -0.39 is 0 Å². The predicted octanol–water partition coefficient (Wildman–Crippen LogP) is 1.39. The second-order valence-electron chi connectivity index (χ2n) is 5.20. The molecule has 5 heteroatoms. The summed E-state index contributed by atoms with van der Waals surface area (Å²) in [6.07, 6.45) is 1.69. The third kappa shape index (κ3) is 4.24. The molecule has 0 atom stereocenters. The van der Waals surface area contributed by atoms with Crippen LogP contribution in [0, 0.1) is 0 Å².